The molecule has 1 aliphatic rings. The second-order valence-corrected chi connectivity index (χ2v) is 5.10. The minimum Gasteiger partial charge on any atom is -0.449 e. The predicted molar refractivity (Wildman–Crippen MR) is 78.6 cm³/mol. The number of amides is 1. The standard InChI is InChI=1S/C14H17N3O5/c1-9(13(15)18)22-14(19)10-4-5-11(12(8-10)17(20)21)16-6-2-3-7-16/h4-5,8-9H,2-3,6-7H2,1H3,(H2,15,18)/t9-/m1/s1. The Morgan fingerprint density at radius 2 is 2.00 bits per heavy atom. The lowest BCUT2D eigenvalue weighted by molar-refractivity contribution is -0.384. The highest BCUT2D eigenvalue weighted by atomic mass is 16.6. The average molecular weight is 307 g/mol. The fourth-order valence-corrected chi connectivity index (χ4v) is 2.31. The zero-order chi connectivity index (χ0) is 16.3. The van der Waals surface area contributed by atoms with E-state index in [4.69, 9.17) is 10.5 Å². The Kier molecular flexibility index (Phi) is 4.59. The molecule has 1 heterocycles. The van der Waals surface area contributed by atoms with Crippen molar-refractivity contribution in [2.45, 2.75) is 25.9 Å². The molecule has 0 bridgehead atoms. The summed E-state index contributed by atoms with van der Waals surface area (Å²) < 4.78 is 4.85. The SMILES string of the molecule is C[C@@H](OC(=O)c1ccc(N2CCCC2)c([N+](=O)[O-])c1)C(N)=O. The number of ether oxygens (including phenoxy) is 1. The van der Waals surface area contributed by atoms with E-state index in [0.29, 0.717) is 5.69 Å². The van der Waals surface area contributed by atoms with Gasteiger partial charge in [-0.2, -0.15) is 0 Å². The lowest BCUT2D eigenvalue weighted by Gasteiger charge is -2.18. The summed E-state index contributed by atoms with van der Waals surface area (Å²) >= 11 is 0. The second-order valence-electron chi connectivity index (χ2n) is 5.10. The van der Waals surface area contributed by atoms with Crippen molar-refractivity contribution in [1.29, 1.82) is 0 Å². The predicted octanol–water partition coefficient (Wildman–Crippen LogP) is 1.23. The first-order chi connectivity index (χ1) is 10.4. The van der Waals surface area contributed by atoms with Crippen molar-refractivity contribution in [3.63, 3.8) is 0 Å². The molecule has 1 fully saturated rings. The molecule has 2 rings (SSSR count). The number of benzene rings is 1. The van der Waals surface area contributed by atoms with Gasteiger partial charge in [0.05, 0.1) is 10.5 Å². The Labute approximate surface area is 127 Å². The maximum absolute atomic E-state index is 11.9. The summed E-state index contributed by atoms with van der Waals surface area (Å²) in [5.74, 6) is -1.60. The number of anilines is 1. The van der Waals surface area contributed by atoms with E-state index < -0.39 is 22.9 Å². The van der Waals surface area contributed by atoms with Crippen molar-refractivity contribution >= 4 is 23.3 Å². The van der Waals surface area contributed by atoms with E-state index >= 15 is 0 Å². The zero-order valence-corrected chi connectivity index (χ0v) is 12.2. The Balaban J connectivity index is 2.27. The van der Waals surface area contributed by atoms with Crippen LogP contribution in [0.1, 0.15) is 30.1 Å². The maximum Gasteiger partial charge on any atom is 0.339 e. The summed E-state index contributed by atoms with van der Waals surface area (Å²) in [4.78, 5) is 35.4. The van der Waals surface area contributed by atoms with E-state index in [9.17, 15) is 19.7 Å². The monoisotopic (exact) mass is 307 g/mol. The van der Waals surface area contributed by atoms with Crippen LogP contribution in [-0.2, 0) is 9.53 Å². The first kappa shape index (κ1) is 15.7. The molecule has 0 radical (unpaired) electrons. The highest BCUT2D eigenvalue weighted by molar-refractivity contribution is 5.93. The van der Waals surface area contributed by atoms with Gasteiger partial charge in [0.25, 0.3) is 11.6 Å². The van der Waals surface area contributed by atoms with E-state index in [1.807, 2.05) is 4.90 Å². The Hall–Kier alpha value is -2.64. The molecule has 0 unspecified atom stereocenters. The van der Waals surface area contributed by atoms with Crippen LogP contribution in [0.15, 0.2) is 18.2 Å². The fourth-order valence-electron chi connectivity index (χ4n) is 2.31. The molecule has 1 saturated heterocycles. The van der Waals surface area contributed by atoms with Gasteiger partial charge in [-0.1, -0.05) is 0 Å². The molecule has 8 nitrogen and oxygen atoms in total. The van der Waals surface area contributed by atoms with Crippen LogP contribution in [0.3, 0.4) is 0 Å². The smallest absolute Gasteiger partial charge is 0.339 e. The number of rotatable bonds is 5. The van der Waals surface area contributed by atoms with Gasteiger partial charge in [0.15, 0.2) is 6.10 Å². The number of hydrogen-bond donors (Lipinski definition) is 1. The maximum atomic E-state index is 11.9. The molecule has 0 spiro atoms. The summed E-state index contributed by atoms with van der Waals surface area (Å²) in [5, 5.41) is 11.2. The minimum atomic E-state index is -1.09. The topological polar surface area (TPSA) is 116 Å². The fraction of sp³-hybridized carbons (Fsp3) is 0.429. The zero-order valence-electron chi connectivity index (χ0n) is 12.2. The van der Waals surface area contributed by atoms with Gasteiger partial charge >= 0.3 is 5.97 Å². The molecule has 1 atom stereocenters. The quantitative estimate of drug-likeness (QED) is 0.497. The minimum absolute atomic E-state index is 0.0164. The molecule has 1 aromatic carbocycles. The number of nitrogens with zero attached hydrogens (tertiary/aromatic N) is 2. The molecule has 0 saturated carbocycles. The highest BCUT2D eigenvalue weighted by Gasteiger charge is 2.25. The van der Waals surface area contributed by atoms with Crippen LogP contribution in [0.5, 0.6) is 0 Å². The molecule has 8 heteroatoms. The first-order valence-electron chi connectivity index (χ1n) is 6.94. The summed E-state index contributed by atoms with van der Waals surface area (Å²) in [6, 6.07) is 4.16. The highest BCUT2D eigenvalue weighted by Crippen LogP contribution is 2.31. The first-order valence-corrected chi connectivity index (χ1v) is 6.94. The van der Waals surface area contributed by atoms with Crippen LogP contribution >= 0.6 is 0 Å². The van der Waals surface area contributed by atoms with Crippen molar-refractivity contribution in [2.24, 2.45) is 5.73 Å². The molecule has 1 aromatic rings. The van der Waals surface area contributed by atoms with Crippen molar-refractivity contribution in [2.75, 3.05) is 18.0 Å². The van der Waals surface area contributed by atoms with Gasteiger partial charge in [-0.3, -0.25) is 14.9 Å². The van der Waals surface area contributed by atoms with Gasteiger partial charge in [-0.15, -0.1) is 0 Å². The molecule has 0 aliphatic carbocycles. The number of carbonyl (C=O) groups excluding carboxylic acids is 2. The number of nitro groups is 1. The number of primary amides is 1. The number of nitrogens with two attached hydrogens (primary N) is 1. The molecular weight excluding hydrogens is 290 g/mol. The Bertz CT molecular complexity index is 610. The number of carbonyl (C=O) groups is 2. The van der Waals surface area contributed by atoms with E-state index in [-0.39, 0.29) is 11.3 Å². The molecule has 118 valence electrons. The van der Waals surface area contributed by atoms with Gasteiger partial charge < -0.3 is 15.4 Å². The van der Waals surface area contributed by atoms with Crippen molar-refractivity contribution < 1.29 is 19.2 Å². The van der Waals surface area contributed by atoms with Gasteiger partial charge in [0.2, 0.25) is 0 Å². The number of hydrogen-bond acceptors (Lipinski definition) is 6. The van der Waals surface area contributed by atoms with Crippen LogP contribution in [0.2, 0.25) is 0 Å². The molecule has 1 aliphatic heterocycles. The van der Waals surface area contributed by atoms with Gasteiger partial charge in [0, 0.05) is 19.2 Å². The summed E-state index contributed by atoms with van der Waals surface area (Å²) in [6.45, 7) is 2.85. The molecule has 0 aromatic heterocycles. The Morgan fingerprint density at radius 1 is 1.36 bits per heavy atom. The number of nitro benzene ring substituents is 1. The molecule has 2 N–H and O–H groups in total. The van der Waals surface area contributed by atoms with Crippen molar-refractivity contribution in [3.05, 3.63) is 33.9 Å². The van der Waals surface area contributed by atoms with Crippen LogP contribution in [-0.4, -0.2) is 36.0 Å². The second kappa shape index (κ2) is 6.42. The molecular formula is C14H17N3O5. The lowest BCUT2D eigenvalue weighted by atomic mass is 10.1. The van der Waals surface area contributed by atoms with E-state index in [1.54, 1.807) is 0 Å². The van der Waals surface area contributed by atoms with Crippen LogP contribution in [0, 0.1) is 10.1 Å². The third kappa shape index (κ3) is 3.33. The van der Waals surface area contributed by atoms with Crippen molar-refractivity contribution in [1.82, 2.24) is 0 Å². The summed E-state index contributed by atoms with van der Waals surface area (Å²) in [5.41, 5.74) is 5.37. The third-order valence-electron chi connectivity index (χ3n) is 3.54. The molecule has 22 heavy (non-hydrogen) atoms. The Morgan fingerprint density at radius 3 is 2.55 bits per heavy atom. The van der Waals surface area contributed by atoms with Crippen molar-refractivity contribution in [3.8, 4) is 0 Å². The lowest BCUT2D eigenvalue weighted by Crippen LogP contribution is -2.30. The third-order valence-corrected chi connectivity index (χ3v) is 3.54. The van der Waals surface area contributed by atoms with Gasteiger partial charge in [-0.05, 0) is 31.9 Å². The van der Waals surface area contributed by atoms with Crippen LogP contribution in [0.25, 0.3) is 0 Å². The number of esters is 1. The molecule has 1 amide bonds. The normalized spacial score (nSPS) is 15.4. The summed E-state index contributed by atoms with van der Waals surface area (Å²) in [7, 11) is 0. The summed E-state index contributed by atoms with van der Waals surface area (Å²) in [6.07, 6.45) is 0.874. The van der Waals surface area contributed by atoms with E-state index in [0.717, 1.165) is 25.9 Å². The van der Waals surface area contributed by atoms with Gasteiger partial charge in [0.1, 0.15) is 5.69 Å². The van der Waals surface area contributed by atoms with E-state index in [2.05, 4.69) is 0 Å². The van der Waals surface area contributed by atoms with Crippen LogP contribution < -0.4 is 10.6 Å². The van der Waals surface area contributed by atoms with Gasteiger partial charge in [-0.25, -0.2) is 4.79 Å². The van der Waals surface area contributed by atoms with E-state index in [1.165, 1.54) is 25.1 Å². The largest absolute Gasteiger partial charge is 0.449 e. The average Bonchev–Trinajstić information content (AvgIpc) is 3.00. The van der Waals surface area contributed by atoms with Crippen LogP contribution in [0.4, 0.5) is 11.4 Å².